The molecule has 2 rings (SSSR count). The minimum atomic E-state index is -0.313. The highest BCUT2D eigenvalue weighted by Crippen LogP contribution is 2.31. The second kappa shape index (κ2) is 4.71. The Morgan fingerprint density at radius 2 is 2.00 bits per heavy atom. The first-order valence-corrected chi connectivity index (χ1v) is 6.39. The quantitative estimate of drug-likeness (QED) is 0.665. The van der Waals surface area contributed by atoms with Gasteiger partial charge in [-0.05, 0) is 31.6 Å². The number of nitrogens with one attached hydrogen (secondary N) is 1. The molecule has 1 aliphatic rings. The third-order valence-electron chi connectivity index (χ3n) is 3.21. The van der Waals surface area contributed by atoms with Gasteiger partial charge in [0.15, 0.2) is 5.11 Å². The van der Waals surface area contributed by atoms with Crippen LogP contribution in [-0.4, -0.2) is 28.6 Å². The Morgan fingerprint density at radius 1 is 1.39 bits per heavy atom. The molecule has 1 aromatic rings. The molecule has 1 aromatic carbocycles. The summed E-state index contributed by atoms with van der Waals surface area (Å²) in [4.78, 5) is 2.17. The number of benzene rings is 1. The first-order chi connectivity index (χ1) is 8.45. The molecule has 4 heteroatoms. The Bertz CT molecular complexity index is 471. The molecule has 1 unspecified atom stereocenters. The van der Waals surface area contributed by atoms with Crippen LogP contribution < -0.4 is 5.43 Å². The number of thiocarbonyl (C=S) groups is 1. The van der Waals surface area contributed by atoms with Crippen molar-refractivity contribution in [1.29, 1.82) is 0 Å². The summed E-state index contributed by atoms with van der Waals surface area (Å²) in [6.07, 6.45) is 0. The fourth-order valence-electron chi connectivity index (χ4n) is 2.29. The number of nitrogens with zero attached hydrogens (tertiary/aromatic N) is 2. The van der Waals surface area contributed by atoms with Crippen molar-refractivity contribution >= 4 is 17.3 Å². The molecule has 1 saturated heterocycles. The highest BCUT2D eigenvalue weighted by Gasteiger charge is 2.43. The van der Waals surface area contributed by atoms with Crippen molar-refractivity contribution in [2.24, 2.45) is 0 Å². The molecule has 3 nitrogen and oxygen atoms in total. The predicted octanol–water partition coefficient (Wildman–Crippen LogP) is 2.47. The molecule has 18 heavy (non-hydrogen) atoms. The molecule has 1 fully saturated rings. The average Bonchev–Trinajstić information content (AvgIpc) is 2.55. The average molecular weight is 261 g/mol. The summed E-state index contributed by atoms with van der Waals surface area (Å²) in [6.45, 7) is 8.90. The second-order valence-electron chi connectivity index (χ2n) is 4.93. The van der Waals surface area contributed by atoms with Gasteiger partial charge in [0.2, 0.25) is 0 Å². The summed E-state index contributed by atoms with van der Waals surface area (Å²) in [5.41, 5.74) is 5.40. The van der Waals surface area contributed by atoms with Crippen LogP contribution in [0.25, 0.3) is 0 Å². The zero-order valence-electron chi connectivity index (χ0n) is 11.1. The highest BCUT2D eigenvalue weighted by atomic mass is 32.1. The molecular formula is C14H19N3S. The maximum absolute atomic E-state index is 5.48. The van der Waals surface area contributed by atoms with Crippen LogP contribution in [0.5, 0.6) is 0 Å². The van der Waals surface area contributed by atoms with Gasteiger partial charge in [0.25, 0.3) is 0 Å². The van der Waals surface area contributed by atoms with Gasteiger partial charge in [-0.1, -0.05) is 42.5 Å². The van der Waals surface area contributed by atoms with Crippen molar-refractivity contribution in [2.75, 3.05) is 13.6 Å². The SMILES string of the molecule is C=C(C)CN1C(=S)N(C)NC1(C)c1ccccc1. The van der Waals surface area contributed by atoms with E-state index in [4.69, 9.17) is 12.2 Å². The van der Waals surface area contributed by atoms with E-state index in [2.05, 4.69) is 36.0 Å². The van der Waals surface area contributed by atoms with Crippen molar-refractivity contribution < 1.29 is 0 Å². The molecular weight excluding hydrogens is 242 g/mol. The van der Waals surface area contributed by atoms with Gasteiger partial charge < -0.3 is 4.90 Å². The van der Waals surface area contributed by atoms with Crippen molar-refractivity contribution in [1.82, 2.24) is 15.3 Å². The van der Waals surface area contributed by atoms with Crippen molar-refractivity contribution in [3.8, 4) is 0 Å². The lowest BCUT2D eigenvalue weighted by molar-refractivity contribution is 0.165. The molecule has 1 atom stereocenters. The standard InChI is InChI=1S/C14H19N3S/c1-11(2)10-17-13(18)16(4)15-14(17,3)12-8-6-5-7-9-12/h5-9,15H,1,10H2,2-4H3. The van der Waals surface area contributed by atoms with Crippen LogP contribution in [0.1, 0.15) is 19.4 Å². The third kappa shape index (κ3) is 2.13. The van der Waals surface area contributed by atoms with Crippen LogP contribution in [0.3, 0.4) is 0 Å². The Hall–Kier alpha value is -1.39. The normalized spacial score (nSPS) is 23.6. The Balaban J connectivity index is 2.40. The van der Waals surface area contributed by atoms with Gasteiger partial charge in [0, 0.05) is 13.6 Å². The first-order valence-electron chi connectivity index (χ1n) is 5.98. The van der Waals surface area contributed by atoms with Crippen LogP contribution in [0.4, 0.5) is 0 Å². The van der Waals surface area contributed by atoms with E-state index in [1.54, 1.807) is 0 Å². The fourth-order valence-corrected chi connectivity index (χ4v) is 2.58. The fraction of sp³-hybridized carbons (Fsp3) is 0.357. The van der Waals surface area contributed by atoms with E-state index in [9.17, 15) is 0 Å². The minimum Gasteiger partial charge on any atom is -0.320 e. The molecule has 1 heterocycles. The predicted molar refractivity (Wildman–Crippen MR) is 78.8 cm³/mol. The third-order valence-corrected chi connectivity index (χ3v) is 3.70. The summed E-state index contributed by atoms with van der Waals surface area (Å²) in [7, 11) is 1.95. The lowest BCUT2D eigenvalue weighted by Gasteiger charge is -2.35. The molecule has 0 aromatic heterocycles. The number of hydrogen-bond acceptors (Lipinski definition) is 2. The summed E-state index contributed by atoms with van der Waals surface area (Å²) in [6, 6.07) is 10.3. The van der Waals surface area contributed by atoms with E-state index in [1.165, 1.54) is 5.56 Å². The van der Waals surface area contributed by atoms with Crippen molar-refractivity contribution in [2.45, 2.75) is 19.5 Å². The topological polar surface area (TPSA) is 18.5 Å². The van der Waals surface area contributed by atoms with Gasteiger partial charge in [-0.15, -0.1) is 0 Å². The molecule has 0 spiro atoms. The Morgan fingerprint density at radius 3 is 2.56 bits per heavy atom. The van der Waals surface area contributed by atoms with Gasteiger partial charge in [-0.3, -0.25) is 5.01 Å². The van der Waals surface area contributed by atoms with E-state index in [-0.39, 0.29) is 5.66 Å². The zero-order chi connectivity index (χ0) is 13.3. The van der Waals surface area contributed by atoms with Crippen molar-refractivity contribution in [3.63, 3.8) is 0 Å². The molecule has 0 radical (unpaired) electrons. The van der Waals surface area contributed by atoms with Gasteiger partial charge in [0.05, 0.1) is 0 Å². The van der Waals surface area contributed by atoms with Crippen LogP contribution in [0, 0.1) is 0 Å². The number of hydrogen-bond donors (Lipinski definition) is 1. The maximum atomic E-state index is 5.48. The van der Waals surface area contributed by atoms with Gasteiger partial charge in [-0.25, -0.2) is 5.43 Å². The largest absolute Gasteiger partial charge is 0.320 e. The maximum Gasteiger partial charge on any atom is 0.188 e. The second-order valence-corrected chi connectivity index (χ2v) is 5.30. The van der Waals surface area contributed by atoms with E-state index in [0.29, 0.717) is 0 Å². The van der Waals surface area contributed by atoms with E-state index in [0.717, 1.165) is 17.2 Å². The van der Waals surface area contributed by atoms with Gasteiger partial charge >= 0.3 is 0 Å². The van der Waals surface area contributed by atoms with Crippen LogP contribution >= 0.6 is 12.2 Å². The molecule has 96 valence electrons. The summed E-state index contributed by atoms with van der Waals surface area (Å²) >= 11 is 5.48. The minimum absolute atomic E-state index is 0.313. The first kappa shape index (κ1) is 13.1. The van der Waals surface area contributed by atoms with Gasteiger partial charge in [0.1, 0.15) is 5.66 Å². The van der Waals surface area contributed by atoms with Crippen molar-refractivity contribution in [3.05, 3.63) is 48.0 Å². The van der Waals surface area contributed by atoms with E-state index in [1.807, 2.05) is 37.2 Å². The summed E-state index contributed by atoms with van der Waals surface area (Å²) in [5, 5.41) is 2.69. The van der Waals surface area contributed by atoms with Crippen LogP contribution in [-0.2, 0) is 5.66 Å². The molecule has 0 aliphatic carbocycles. The monoisotopic (exact) mass is 261 g/mol. The lowest BCUT2D eigenvalue weighted by Crippen LogP contribution is -2.47. The smallest absolute Gasteiger partial charge is 0.188 e. The highest BCUT2D eigenvalue weighted by molar-refractivity contribution is 7.80. The molecule has 0 amide bonds. The number of hydrazine groups is 1. The van der Waals surface area contributed by atoms with Gasteiger partial charge in [-0.2, -0.15) is 0 Å². The Labute approximate surface area is 114 Å². The van der Waals surface area contributed by atoms with E-state index >= 15 is 0 Å². The Kier molecular flexibility index (Phi) is 3.41. The molecule has 0 bridgehead atoms. The lowest BCUT2D eigenvalue weighted by atomic mass is 10.0. The summed E-state index contributed by atoms with van der Waals surface area (Å²) < 4.78 is 0. The van der Waals surface area contributed by atoms with Crippen LogP contribution in [0.15, 0.2) is 42.5 Å². The molecule has 1 N–H and O–H groups in total. The molecule has 1 aliphatic heterocycles. The molecule has 0 saturated carbocycles. The van der Waals surface area contributed by atoms with E-state index < -0.39 is 0 Å². The number of rotatable bonds is 3. The van der Waals surface area contributed by atoms with Crippen LogP contribution in [0.2, 0.25) is 0 Å². The zero-order valence-corrected chi connectivity index (χ0v) is 11.9. The summed E-state index contributed by atoms with van der Waals surface area (Å²) in [5.74, 6) is 0.